The van der Waals surface area contributed by atoms with Crippen molar-refractivity contribution in [2.24, 2.45) is 0 Å². The topological polar surface area (TPSA) is 59.3 Å². The highest BCUT2D eigenvalue weighted by molar-refractivity contribution is 9.10. The van der Waals surface area contributed by atoms with Gasteiger partial charge in [-0.15, -0.1) is 0 Å². The third kappa shape index (κ3) is 3.57. The molecule has 0 fully saturated rings. The Kier molecular flexibility index (Phi) is 5.21. The normalized spacial score (nSPS) is 11.0. The number of fused-ring (bicyclic) bond motifs is 1. The van der Waals surface area contributed by atoms with Gasteiger partial charge in [-0.25, -0.2) is 4.79 Å². The Bertz CT molecular complexity index is 1260. The van der Waals surface area contributed by atoms with Gasteiger partial charge in [-0.1, -0.05) is 45.2 Å². The summed E-state index contributed by atoms with van der Waals surface area (Å²) in [6.07, 6.45) is 0. The first-order valence-corrected chi connectivity index (χ1v) is 10.0. The Morgan fingerprint density at radius 3 is 2.03 bits per heavy atom. The van der Waals surface area contributed by atoms with Crippen molar-refractivity contribution in [3.05, 3.63) is 98.1 Å². The van der Waals surface area contributed by atoms with Crippen LogP contribution in [-0.2, 0) is 0 Å². The number of carbonyl (C=O) groups is 2. The average molecular weight is 489 g/mol. The second kappa shape index (κ2) is 7.67. The van der Waals surface area contributed by atoms with Crippen molar-refractivity contribution in [3.63, 3.8) is 0 Å². The minimum atomic E-state index is -1.20. The van der Waals surface area contributed by atoms with E-state index in [0.29, 0.717) is 32.2 Å². The van der Waals surface area contributed by atoms with E-state index < -0.39 is 5.97 Å². The second-order valence-electron chi connectivity index (χ2n) is 6.34. The summed E-state index contributed by atoms with van der Waals surface area (Å²) in [6, 6.07) is 18.4. The largest absolute Gasteiger partial charge is 0.477 e. The van der Waals surface area contributed by atoms with Gasteiger partial charge in [-0.2, -0.15) is 0 Å². The van der Waals surface area contributed by atoms with Crippen LogP contribution in [0.3, 0.4) is 0 Å². The van der Waals surface area contributed by atoms with Crippen LogP contribution in [0.5, 0.6) is 0 Å². The molecule has 144 valence electrons. The van der Waals surface area contributed by atoms with Crippen LogP contribution >= 0.6 is 39.1 Å². The Balaban J connectivity index is 2.08. The van der Waals surface area contributed by atoms with Crippen LogP contribution in [0.1, 0.15) is 26.4 Å². The maximum Gasteiger partial charge on any atom is 0.353 e. The van der Waals surface area contributed by atoms with Crippen molar-refractivity contribution in [2.45, 2.75) is 0 Å². The van der Waals surface area contributed by atoms with Crippen LogP contribution in [-0.4, -0.2) is 21.4 Å². The molecule has 3 aromatic carbocycles. The molecule has 0 spiro atoms. The van der Waals surface area contributed by atoms with Gasteiger partial charge in [-0.05, 0) is 60.7 Å². The predicted octanol–water partition coefficient (Wildman–Crippen LogP) is 6.63. The van der Waals surface area contributed by atoms with E-state index in [1.165, 1.54) is 0 Å². The van der Waals surface area contributed by atoms with Crippen molar-refractivity contribution in [3.8, 4) is 5.69 Å². The van der Waals surface area contributed by atoms with Gasteiger partial charge in [0.2, 0.25) is 0 Å². The Hall–Kier alpha value is -2.60. The lowest BCUT2D eigenvalue weighted by Gasteiger charge is -2.09. The van der Waals surface area contributed by atoms with Gasteiger partial charge in [0.25, 0.3) is 0 Å². The zero-order valence-corrected chi connectivity index (χ0v) is 17.8. The fourth-order valence-electron chi connectivity index (χ4n) is 3.30. The number of carbonyl (C=O) groups excluding carboxylic acids is 1. The van der Waals surface area contributed by atoms with E-state index in [1.807, 2.05) is 0 Å². The van der Waals surface area contributed by atoms with E-state index in [-0.39, 0.29) is 17.0 Å². The minimum absolute atomic E-state index is 0.111. The number of aromatic carboxylic acids is 1. The molecule has 0 saturated carbocycles. The van der Waals surface area contributed by atoms with Gasteiger partial charge >= 0.3 is 5.97 Å². The number of benzene rings is 3. The molecule has 1 N–H and O–H groups in total. The smallest absolute Gasteiger partial charge is 0.353 e. The molecule has 29 heavy (non-hydrogen) atoms. The first kappa shape index (κ1) is 19.7. The van der Waals surface area contributed by atoms with Crippen LogP contribution in [0, 0.1) is 0 Å². The number of rotatable bonds is 4. The highest BCUT2D eigenvalue weighted by atomic mass is 79.9. The fourth-order valence-corrected chi connectivity index (χ4v) is 3.90. The SMILES string of the molecule is O=C(c1ccc(Cl)cc1)c1c(C(=O)O)n(-c2ccc(Cl)cc2)c2cc(Br)ccc12. The summed E-state index contributed by atoms with van der Waals surface area (Å²) in [4.78, 5) is 25.6. The molecule has 0 radical (unpaired) electrons. The van der Waals surface area contributed by atoms with Crippen LogP contribution in [0.25, 0.3) is 16.6 Å². The summed E-state index contributed by atoms with van der Waals surface area (Å²) < 4.78 is 2.32. The Labute approximate surface area is 184 Å². The molecule has 0 aliphatic rings. The van der Waals surface area contributed by atoms with Crippen molar-refractivity contribution in [1.82, 2.24) is 4.57 Å². The summed E-state index contributed by atoms with van der Waals surface area (Å²) in [7, 11) is 0. The molecule has 4 nitrogen and oxygen atoms in total. The molecule has 4 rings (SSSR count). The highest BCUT2D eigenvalue weighted by Gasteiger charge is 2.28. The molecule has 4 aromatic rings. The molecule has 0 amide bonds. The fraction of sp³-hybridized carbons (Fsp3) is 0. The van der Waals surface area contributed by atoms with Crippen molar-refractivity contribution < 1.29 is 14.7 Å². The minimum Gasteiger partial charge on any atom is -0.477 e. The Morgan fingerprint density at radius 2 is 1.45 bits per heavy atom. The lowest BCUT2D eigenvalue weighted by Crippen LogP contribution is -2.13. The summed E-state index contributed by atoms with van der Waals surface area (Å²) in [5.41, 5.74) is 1.55. The summed E-state index contributed by atoms with van der Waals surface area (Å²) >= 11 is 15.4. The highest BCUT2D eigenvalue weighted by Crippen LogP contribution is 2.34. The van der Waals surface area contributed by atoms with E-state index in [0.717, 1.165) is 4.47 Å². The molecule has 0 atom stereocenters. The number of ketones is 1. The van der Waals surface area contributed by atoms with Crippen LogP contribution in [0.4, 0.5) is 0 Å². The second-order valence-corrected chi connectivity index (χ2v) is 8.13. The van der Waals surface area contributed by atoms with E-state index >= 15 is 0 Å². The van der Waals surface area contributed by atoms with Gasteiger partial charge in [0, 0.05) is 31.2 Å². The lowest BCUT2D eigenvalue weighted by atomic mass is 10.00. The predicted molar refractivity (Wildman–Crippen MR) is 118 cm³/mol. The summed E-state index contributed by atoms with van der Waals surface area (Å²) in [6.45, 7) is 0. The maximum atomic E-state index is 13.3. The van der Waals surface area contributed by atoms with E-state index in [1.54, 1.807) is 71.3 Å². The number of aromatic nitrogens is 1. The van der Waals surface area contributed by atoms with Crippen molar-refractivity contribution in [1.29, 1.82) is 0 Å². The van der Waals surface area contributed by atoms with E-state index in [4.69, 9.17) is 23.2 Å². The molecule has 0 aliphatic heterocycles. The number of nitrogens with zero attached hydrogens (tertiary/aromatic N) is 1. The van der Waals surface area contributed by atoms with E-state index in [2.05, 4.69) is 15.9 Å². The van der Waals surface area contributed by atoms with Crippen LogP contribution in [0.15, 0.2) is 71.2 Å². The molecular formula is C22H12BrCl2NO3. The van der Waals surface area contributed by atoms with Gasteiger partial charge in [0.1, 0.15) is 5.69 Å². The standard InChI is InChI=1S/C22H12BrCl2NO3/c23-13-3-10-17-18(11-13)26(16-8-6-15(25)7-9-16)20(22(28)29)19(17)21(27)12-1-4-14(24)5-2-12/h1-11H,(H,28,29). The number of hydrogen-bond acceptors (Lipinski definition) is 2. The summed E-state index contributed by atoms with van der Waals surface area (Å²) in [5.74, 6) is -1.59. The van der Waals surface area contributed by atoms with Crippen molar-refractivity contribution >= 4 is 61.8 Å². The van der Waals surface area contributed by atoms with Crippen molar-refractivity contribution in [2.75, 3.05) is 0 Å². The molecule has 0 aliphatic carbocycles. The summed E-state index contributed by atoms with van der Waals surface area (Å²) in [5, 5.41) is 11.6. The molecular weight excluding hydrogens is 477 g/mol. The third-order valence-electron chi connectivity index (χ3n) is 4.55. The number of carboxylic acids is 1. The van der Waals surface area contributed by atoms with Gasteiger partial charge in [-0.3, -0.25) is 4.79 Å². The zero-order chi connectivity index (χ0) is 20.7. The maximum absolute atomic E-state index is 13.3. The number of hydrogen-bond donors (Lipinski definition) is 1. The molecule has 7 heteroatoms. The molecule has 0 unspecified atom stereocenters. The zero-order valence-electron chi connectivity index (χ0n) is 14.7. The van der Waals surface area contributed by atoms with Gasteiger partial charge in [0.15, 0.2) is 5.78 Å². The molecule has 1 heterocycles. The monoisotopic (exact) mass is 487 g/mol. The first-order valence-electron chi connectivity index (χ1n) is 8.50. The quantitative estimate of drug-likeness (QED) is 0.328. The van der Waals surface area contributed by atoms with Gasteiger partial charge in [0.05, 0.1) is 11.1 Å². The van der Waals surface area contributed by atoms with E-state index in [9.17, 15) is 14.7 Å². The first-order chi connectivity index (χ1) is 13.9. The third-order valence-corrected chi connectivity index (χ3v) is 5.55. The lowest BCUT2D eigenvalue weighted by molar-refractivity contribution is 0.0684. The number of halogens is 3. The Morgan fingerprint density at radius 1 is 0.862 bits per heavy atom. The van der Waals surface area contributed by atoms with Gasteiger partial charge < -0.3 is 9.67 Å². The molecule has 1 aromatic heterocycles. The van der Waals surface area contributed by atoms with Crippen LogP contribution in [0.2, 0.25) is 10.0 Å². The average Bonchev–Trinajstić information content (AvgIpc) is 3.03. The van der Waals surface area contributed by atoms with Crippen LogP contribution < -0.4 is 0 Å². The number of carboxylic acid groups (broad SMARTS) is 1. The molecule has 0 saturated heterocycles. The molecule has 0 bridgehead atoms.